The lowest BCUT2D eigenvalue weighted by atomic mass is 9.68. The van der Waals surface area contributed by atoms with Crippen molar-refractivity contribution in [3.8, 4) is 0 Å². The molecule has 0 aromatic heterocycles. The normalized spacial score (nSPS) is 20.4. The summed E-state index contributed by atoms with van der Waals surface area (Å²) in [5, 5.41) is 11.8. The molecular formula is C21H34ClNO2. The van der Waals surface area contributed by atoms with E-state index in [0.717, 1.165) is 63.4 Å². The van der Waals surface area contributed by atoms with Crippen LogP contribution in [0.2, 0.25) is 5.02 Å². The number of piperidine rings is 1. The summed E-state index contributed by atoms with van der Waals surface area (Å²) in [6, 6.07) is 8.07. The fourth-order valence-corrected chi connectivity index (χ4v) is 3.80. The van der Waals surface area contributed by atoms with E-state index in [-0.39, 0.29) is 11.5 Å². The molecule has 1 aliphatic rings. The maximum Gasteiger partial charge on any atom is 0.0638 e. The summed E-state index contributed by atoms with van der Waals surface area (Å²) in [7, 11) is 2.15. The van der Waals surface area contributed by atoms with Crippen LogP contribution in [0.3, 0.4) is 0 Å². The zero-order valence-electron chi connectivity index (χ0n) is 16.0. The number of rotatable bonds is 9. The minimum atomic E-state index is -0.338. The number of likely N-dealkylation sites (tertiary alicyclic amines) is 1. The van der Waals surface area contributed by atoms with Gasteiger partial charge in [-0.25, -0.2) is 0 Å². The van der Waals surface area contributed by atoms with E-state index in [2.05, 4.69) is 37.9 Å². The number of nitrogens with zero attached hydrogens (tertiary/aromatic N) is 1. The zero-order chi connectivity index (χ0) is 18.3. The number of hydrogen-bond acceptors (Lipinski definition) is 3. The van der Waals surface area contributed by atoms with Crippen LogP contribution < -0.4 is 0 Å². The molecule has 25 heavy (non-hydrogen) atoms. The fourth-order valence-electron chi connectivity index (χ4n) is 3.67. The quantitative estimate of drug-likeness (QED) is 0.652. The second-order valence-corrected chi connectivity index (χ2v) is 8.15. The lowest BCUT2D eigenvalue weighted by Gasteiger charge is -2.44. The zero-order valence-corrected chi connectivity index (χ0v) is 16.8. The fraction of sp³-hybridized carbons (Fsp3) is 0.714. The van der Waals surface area contributed by atoms with Gasteiger partial charge in [-0.2, -0.15) is 0 Å². The molecule has 2 rings (SSSR count). The van der Waals surface area contributed by atoms with E-state index >= 15 is 0 Å². The number of hydrogen-bond donors (Lipinski definition) is 1. The smallest absolute Gasteiger partial charge is 0.0638 e. The van der Waals surface area contributed by atoms with E-state index in [0.29, 0.717) is 5.92 Å². The van der Waals surface area contributed by atoms with Crippen molar-refractivity contribution in [3.63, 3.8) is 0 Å². The Bertz CT molecular complexity index is 497. The van der Waals surface area contributed by atoms with Crippen LogP contribution in [0.25, 0.3) is 0 Å². The van der Waals surface area contributed by atoms with Gasteiger partial charge in [-0.3, -0.25) is 0 Å². The van der Waals surface area contributed by atoms with E-state index in [1.54, 1.807) is 0 Å². The van der Waals surface area contributed by atoms with Crippen LogP contribution in [0, 0.1) is 5.92 Å². The lowest BCUT2D eigenvalue weighted by molar-refractivity contribution is 0.0200. The highest BCUT2D eigenvalue weighted by molar-refractivity contribution is 6.30. The molecule has 0 saturated carbocycles. The number of aliphatic hydroxyl groups is 1. The first kappa shape index (κ1) is 20.7. The largest absolute Gasteiger partial charge is 0.392 e. The Morgan fingerprint density at radius 1 is 1.24 bits per heavy atom. The first-order valence-corrected chi connectivity index (χ1v) is 10.1. The van der Waals surface area contributed by atoms with E-state index in [9.17, 15) is 5.11 Å². The van der Waals surface area contributed by atoms with Crippen LogP contribution in [-0.4, -0.2) is 49.5 Å². The minimum Gasteiger partial charge on any atom is -0.392 e. The molecule has 4 heteroatoms. The van der Waals surface area contributed by atoms with Gasteiger partial charge in [0.2, 0.25) is 0 Å². The van der Waals surface area contributed by atoms with Gasteiger partial charge in [0.15, 0.2) is 0 Å². The molecule has 3 nitrogen and oxygen atoms in total. The van der Waals surface area contributed by atoms with Crippen molar-refractivity contribution in [2.24, 2.45) is 5.92 Å². The van der Waals surface area contributed by atoms with Crippen molar-refractivity contribution < 1.29 is 9.84 Å². The van der Waals surface area contributed by atoms with Crippen LogP contribution in [0.5, 0.6) is 0 Å². The van der Waals surface area contributed by atoms with E-state index in [1.807, 2.05) is 12.1 Å². The monoisotopic (exact) mass is 367 g/mol. The summed E-state index contributed by atoms with van der Waals surface area (Å²) >= 11 is 6.07. The molecule has 1 aromatic rings. The first-order valence-electron chi connectivity index (χ1n) is 9.68. The van der Waals surface area contributed by atoms with Crippen molar-refractivity contribution in [2.75, 3.05) is 33.4 Å². The van der Waals surface area contributed by atoms with Gasteiger partial charge in [0.25, 0.3) is 0 Å². The van der Waals surface area contributed by atoms with Crippen LogP contribution in [0.4, 0.5) is 0 Å². The van der Waals surface area contributed by atoms with Gasteiger partial charge in [-0.1, -0.05) is 44.0 Å². The molecule has 0 spiro atoms. The van der Waals surface area contributed by atoms with Crippen molar-refractivity contribution in [2.45, 2.75) is 57.5 Å². The molecule has 2 unspecified atom stereocenters. The Kier molecular flexibility index (Phi) is 8.21. The average molecular weight is 368 g/mol. The summed E-state index contributed by atoms with van der Waals surface area (Å²) in [6.07, 6.45) is 4.47. The molecule has 1 saturated heterocycles. The standard InChI is InChI=1S/C21H34ClNO2/c1-4-17(2)16-25-15-5-6-20(24)21(11-13-23(3)14-12-21)18-7-9-19(22)10-8-18/h7-10,17,20,24H,4-6,11-16H2,1-3H3. The summed E-state index contributed by atoms with van der Waals surface area (Å²) in [6.45, 7) is 7.99. The van der Waals surface area contributed by atoms with Gasteiger partial charge in [-0.15, -0.1) is 0 Å². The summed E-state index contributed by atoms with van der Waals surface area (Å²) < 4.78 is 5.76. The van der Waals surface area contributed by atoms with Crippen molar-refractivity contribution in [1.29, 1.82) is 0 Å². The Balaban J connectivity index is 1.97. The SMILES string of the molecule is CCC(C)COCCCC(O)C1(c2ccc(Cl)cc2)CCN(C)CC1. The molecule has 1 heterocycles. The third kappa shape index (κ3) is 5.68. The first-order chi connectivity index (χ1) is 12.0. The van der Waals surface area contributed by atoms with Gasteiger partial charge in [0.05, 0.1) is 6.10 Å². The van der Waals surface area contributed by atoms with Gasteiger partial charge in [0.1, 0.15) is 0 Å². The predicted octanol–water partition coefficient (Wildman–Crippen LogP) is 4.51. The Morgan fingerprint density at radius 2 is 1.88 bits per heavy atom. The second-order valence-electron chi connectivity index (χ2n) is 7.71. The predicted molar refractivity (Wildman–Crippen MR) is 105 cm³/mol. The van der Waals surface area contributed by atoms with Gasteiger partial charge in [0, 0.05) is 23.7 Å². The van der Waals surface area contributed by atoms with Crippen LogP contribution in [0.15, 0.2) is 24.3 Å². The van der Waals surface area contributed by atoms with Crippen molar-refractivity contribution in [1.82, 2.24) is 4.90 Å². The summed E-state index contributed by atoms with van der Waals surface area (Å²) in [5.41, 5.74) is 1.06. The molecule has 1 aliphatic heterocycles. The van der Waals surface area contributed by atoms with Gasteiger partial charge < -0.3 is 14.7 Å². The highest BCUT2D eigenvalue weighted by Crippen LogP contribution is 2.40. The third-order valence-corrected chi connectivity index (χ3v) is 6.05. The molecule has 1 N–H and O–H groups in total. The Labute approximate surface area is 158 Å². The highest BCUT2D eigenvalue weighted by Gasteiger charge is 2.41. The lowest BCUT2D eigenvalue weighted by Crippen LogP contribution is -2.48. The van der Waals surface area contributed by atoms with Crippen LogP contribution >= 0.6 is 11.6 Å². The third-order valence-electron chi connectivity index (χ3n) is 5.80. The molecule has 0 aliphatic carbocycles. The number of halogens is 1. The number of ether oxygens (including phenoxy) is 1. The summed E-state index contributed by atoms with van der Waals surface area (Å²) in [4.78, 5) is 2.34. The van der Waals surface area contributed by atoms with Crippen molar-refractivity contribution >= 4 is 11.6 Å². The molecule has 0 radical (unpaired) electrons. The summed E-state index contributed by atoms with van der Waals surface area (Å²) in [5.74, 6) is 0.610. The van der Waals surface area contributed by atoms with Gasteiger partial charge in [-0.05, 0) is 69.4 Å². The number of aliphatic hydroxyl groups excluding tert-OH is 1. The average Bonchev–Trinajstić information content (AvgIpc) is 2.62. The maximum atomic E-state index is 11.1. The van der Waals surface area contributed by atoms with E-state index in [1.165, 1.54) is 5.56 Å². The van der Waals surface area contributed by atoms with Crippen LogP contribution in [0.1, 0.15) is 51.5 Å². The maximum absolute atomic E-state index is 11.1. The topological polar surface area (TPSA) is 32.7 Å². The van der Waals surface area contributed by atoms with Gasteiger partial charge >= 0.3 is 0 Å². The van der Waals surface area contributed by atoms with Crippen molar-refractivity contribution in [3.05, 3.63) is 34.9 Å². The molecular weight excluding hydrogens is 334 g/mol. The minimum absolute atomic E-state index is 0.159. The molecule has 1 fully saturated rings. The Hall–Kier alpha value is -0.610. The molecule has 1 aromatic carbocycles. The molecule has 0 amide bonds. The Morgan fingerprint density at radius 3 is 2.48 bits per heavy atom. The number of benzene rings is 1. The van der Waals surface area contributed by atoms with Crippen LogP contribution in [-0.2, 0) is 10.2 Å². The molecule has 0 bridgehead atoms. The van der Waals surface area contributed by atoms with E-state index < -0.39 is 0 Å². The highest BCUT2D eigenvalue weighted by atomic mass is 35.5. The molecule has 142 valence electrons. The van der Waals surface area contributed by atoms with E-state index in [4.69, 9.17) is 16.3 Å². The molecule has 2 atom stereocenters. The second kappa shape index (κ2) is 9.91.